The van der Waals surface area contributed by atoms with Gasteiger partial charge in [-0.25, -0.2) is 0 Å². The van der Waals surface area contributed by atoms with Crippen molar-refractivity contribution in [3.8, 4) is 11.1 Å². The quantitative estimate of drug-likeness (QED) is 0.184. The molecule has 0 saturated carbocycles. The van der Waals surface area contributed by atoms with Crippen LogP contribution >= 0.6 is 0 Å². The zero-order valence-electron chi connectivity index (χ0n) is 28.2. The summed E-state index contributed by atoms with van der Waals surface area (Å²) in [7, 11) is 0. The summed E-state index contributed by atoms with van der Waals surface area (Å²) < 4.78 is 6.64. The van der Waals surface area contributed by atoms with E-state index in [4.69, 9.17) is 4.42 Å². The van der Waals surface area contributed by atoms with E-state index in [1.165, 1.54) is 77.1 Å². The van der Waals surface area contributed by atoms with E-state index >= 15 is 0 Å². The molecule has 1 aromatic heterocycles. The number of hydrogen-bond donors (Lipinski definition) is 0. The lowest BCUT2D eigenvalue weighted by atomic mass is 9.91. The lowest BCUT2D eigenvalue weighted by molar-refractivity contribution is 0.672. The molecule has 0 saturated heterocycles. The summed E-state index contributed by atoms with van der Waals surface area (Å²) in [4.78, 5) is 2.49. The molecule has 0 fully saturated rings. The van der Waals surface area contributed by atoms with E-state index < -0.39 is 0 Å². The Morgan fingerprint density at radius 1 is 0.569 bits per heavy atom. The molecule has 8 aromatic rings. The average Bonchev–Trinajstić information content (AvgIpc) is 3.41. The Morgan fingerprint density at radius 2 is 1.31 bits per heavy atom. The van der Waals surface area contributed by atoms with E-state index in [1.807, 2.05) is 0 Å². The molecule has 7 aromatic carbocycles. The van der Waals surface area contributed by atoms with Gasteiger partial charge in [0.15, 0.2) is 0 Å². The Bertz CT molecular complexity index is 2740. The number of hydrogen-bond acceptors (Lipinski definition) is 2. The molecule has 1 unspecified atom stereocenters. The number of nitrogens with zero attached hydrogens (tertiary/aromatic N) is 1. The fraction of sp³-hybridized carbons (Fsp3) is 0.0612. The highest BCUT2D eigenvalue weighted by Gasteiger charge is 2.23. The van der Waals surface area contributed by atoms with Gasteiger partial charge in [0, 0.05) is 27.5 Å². The van der Waals surface area contributed by atoms with Crippen LogP contribution in [0.1, 0.15) is 23.1 Å². The fourth-order valence-electron chi connectivity index (χ4n) is 8.12. The highest BCUT2D eigenvalue weighted by molar-refractivity contribution is 6.19. The van der Waals surface area contributed by atoms with Gasteiger partial charge in [0.1, 0.15) is 11.2 Å². The molecule has 242 valence electrons. The number of fused-ring (bicyclic) bond motifs is 9. The maximum atomic E-state index is 6.64. The van der Waals surface area contributed by atoms with E-state index in [-0.39, 0.29) is 6.04 Å². The van der Waals surface area contributed by atoms with Crippen LogP contribution in [0.2, 0.25) is 0 Å². The van der Waals surface area contributed by atoms with E-state index in [1.54, 1.807) is 0 Å². The van der Waals surface area contributed by atoms with Gasteiger partial charge in [-0.1, -0.05) is 146 Å². The lowest BCUT2D eigenvalue weighted by Gasteiger charge is -2.33. The molecule has 1 heterocycles. The molecular weight excluding hydrogens is 619 g/mol. The first-order valence-electron chi connectivity index (χ1n) is 17.8. The summed E-state index contributed by atoms with van der Waals surface area (Å²) in [5.74, 6) is 0. The van der Waals surface area contributed by atoms with Crippen molar-refractivity contribution in [1.29, 1.82) is 0 Å². The van der Waals surface area contributed by atoms with Crippen molar-refractivity contribution in [1.82, 2.24) is 0 Å². The molecule has 0 bridgehead atoms. The molecule has 0 N–H and O–H groups in total. The van der Waals surface area contributed by atoms with Gasteiger partial charge >= 0.3 is 0 Å². The van der Waals surface area contributed by atoms with Gasteiger partial charge in [0.25, 0.3) is 0 Å². The molecule has 0 aliphatic heterocycles. The van der Waals surface area contributed by atoms with Crippen LogP contribution in [0.25, 0.3) is 66.3 Å². The Morgan fingerprint density at radius 3 is 2.16 bits per heavy atom. The molecular formula is C49H35NO. The van der Waals surface area contributed by atoms with E-state index in [2.05, 4.69) is 187 Å². The molecule has 1 atom stereocenters. The van der Waals surface area contributed by atoms with Crippen LogP contribution in [0.3, 0.4) is 0 Å². The molecule has 2 aliphatic rings. The normalized spacial score (nSPS) is 15.4. The van der Waals surface area contributed by atoms with Gasteiger partial charge in [-0.15, -0.1) is 0 Å². The first-order chi connectivity index (χ1) is 25.3. The monoisotopic (exact) mass is 653 g/mol. The summed E-state index contributed by atoms with van der Waals surface area (Å²) in [5, 5.41) is 7.32. The van der Waals surface area contributed by atoms with Gasteiger partial charge in [-0.05, 0) is 98.8 Å². The Kier molecular flexibility index (Phi) is 7.06. The number of furan rings is 1. The second kappa shape index (κ2) is 12.2. The van der Waals surface area contributed by atoms with Crippen LogP contribution in [0, 0.1) is 0 Å². The van der Waals surface area contributed by atoms with Crippen molar-refractivity contribution in [2.45, 2.75) is 18.9 Å². The van der Waals surface area contributed by atoms with Gasteiger partial charge in [-0.3, -0.25) is 0 Å². The van der Waals surface area contributed by atoms with Gasteiger partial charge in [-0.2, -0.15) is 0 Å². The zero-order chi connectivity index (χ0) is 33.7. The highest BCUT2D eigenvalue weighted by Crippen LogP contribution is 2.42. The summed E-state index contributed by atoms with van der Waals surface area (Å²) in [5.41, 5.74) is 11.8. The van der Waals surface area contributed by atoms with Crippen LogP contribution in [0.4, 0.5) is 11.4 Å². The predicted molar refractivity (Wildman–Crippen MR) is 217 cm³/mol. The Labute approximate surface area is 297 Å². The molecule has 2 aliphatic carbocycles. The largest absolute Gasteiger partial charge is 0.455 e. The minimum absolute atomic E-state index is 0.164. The van der Waals surface area contributed by atoms with E-state index in [0.29, 0.717) is 0 Å². The first kappa shape index (κ1) is 29.5. The average molecular weight is 654 g/mol. The number of benzene rings is 7. The predicted octanol–water partition coefficient (Wildman–Crippen LogP) is 13.2. The number of allylic oxidation sites excluding steroid dienone is 5. The van der Waals surface area contributed by atoms with Crippen LogP contribution in [-0.4, -0.2) is 6.04 Å². The minimum Gasteiger partial charge on any atom is -0.455 e. The van der Waals surface area contributed by atoms with E-state index in [0.717, 1.165) is 24.0 Å². The SMILES string of the molecule is C1=CCc2c(c3ccccc3c3oc4ccc(C5=CCC(N(c6ccc(-c7ccccc7)cc6)c6ccc7ccccc7c6)C=C5)cc4c23)C=C1. The molecule has 2 heteroatoms. The third-order valence-corrected chi connectivity index (χ3v) is 10.6. The fourth-order valence-corrected chi connectivity index (χ4v) is 8.12. The van der Waals surface area contributed by atoms with Crippen LogP contribution in [-0.2, 0) is 6.42 Å². The van der Waals surface area contributed by atoms with Crippen molar-refractivity contribution < 1.29 is 4.42 Å². The number of rotatable bonds is 5. The van der Waals surface area contributed by atoms with Crippen LogP contribution in [0.5, 0.6) is 0 Å². The first-order valence-corrected chi connectivity index (χ1v) is 17.8. The third-order valence-electron chi connectivity index (χ3n) is 10.6. The van der Waals surface area contributed by atoms with Crippen LogP contribution < -0.4 is 4.90 Å². The standard InChI is InChI=1S/C49H35NO/c1-3-11-33(12-4-1)35-19-25-39(26-20-35)50(41-29-23-34-13-7-8-14-37(34)31-41)40-27-21-36(22-28-40)38-24-30-47-46(32-38)48-44-17-6-2-5-15-42(44)43-16-9-10-18-45(43)49(48)51-47/h1-16,18-27,29-32,40H,17,28H2. The molecule has 0 radical (unpaired) electrons. The summed E-state index contributed by atoms with van der Waals surface area (Å²) >= 11 is 0. The van der Waals surface area contributed by atoms with E-state index in [9.17, 15) is 0 Å². The smallest absolute Gasteiger partial charge is 0.143 e. The van der Waals surface area contributed by atoms with Crippen molar-refractivity contribution in [2.75, 3.05) is 4.90 Å². The molecule has 2 nitrogen and oxygen atoms in total. The summed E-state index contributed by atoms with van der Waals surface area (Å²) in [6.45, 7) is 0. The number of anilines is 2. The molecule has 51 heavy (non-hydrogen) atoms. The highest BCUT2D eigenvalue weighted by atomic mass is 16.3. The second-order valence-electron chi connectivity index (χ2n) is 13.6. The third kappa shape index (κ3) is 5.11. The molecule has 0 amide bonds. The van der Waals surface area contributed by atoms with Crippen molar-refractivity contribution in [2.24, 2.45) is 0 Å². The lowest BCUT2D eigenvalue weighted by Crippen LogP contribution is -2.30. The minimum atomic E-state index is 0.164. The van der Waals surface area contributed by atoms with Gasteiger partial charge in [0.05, 0.1) is 6.04 Å². The second-order valence-corrected chi connectivity index (χ2v) is 13.6. The Hall–Kier alpha value is -6.38. The van der Waals surface area contributed by atoms with Crippen molar-refractivity contribution in [3.63, 3.8) is 0 Å². The zero-order valence-corrected chi connectivity index (χ0v) is 28.2. The summed E-state index contributed by atoms with van der Waals surface area (Å²) in [6, 6.07) is 50.6. The van der Waals surface area contributed by atoms with Crippen LogP contribution in [0.15, 0.2) is 180 Å². The topological polar surface area (TPSA) is 16.4 Å². The Balaban J connectivity index is 1.03. The summed E-state index contributed by atoms with van der Waals surface area (Å²) in [6.07, 6.45) is 17.7. The van der Waals surface area contributed by atoms with Gasteiger partial charge < -0.3 is 9.32 Å². The van der Waals surface area contributed by atoms with Crippen molar-refractivity contribution >= 4 is 66.5 Å². The maximum absolute atomic E-state index is 6.64. The van der Waals surface area contributed by atoms with Crippen molar-refractivity contribution in [3.05, 3.63) is 193 Å². The molecule has 10 rings (SSSR count). The maximum Gasteiger partial charge on any atom is 0.143 e. The molecule has 0 spiro atoms. The van der Waals surface area contributed by atoms with Gasteiger partial charge in [0.2, 0.25) is 0 Å².